The van der Waals surface area contributed by atoms with Gasteiger partial charge in [-0.3, -0.25) is 4.90 Å². The molecule has 0 atom stereocenters. The van der Waals surface area contributed by atoms with Crippen LogP contribution in [0.4, 0.5) is 5.69 Å². The van der Waals surface area contributed by atoms with Crippen LogP contribution in [0.15, 0.2) is 18.2 Å². The smallest absolute Gasteiger partial charge is 0.0635 e. The average Bonchev–Trinajstić information content (AvgIpc) is 2.28. The predicted molar refractivity (Wildman–Crippen MR) is 67.0 cm³/mol. The lowest BCUT2D eigenvalue weighted by atomic mass is 10.1. The summed E-state index contributed by atoms with van der Waals surface area (Å²) in [5.74, 6) is 0. The van der Waals surface area contributed by atoms with Crippen LogP contribution in [0.3, 0.4) is 0 Å². The zero-order chi connectivity index (χ0) is 12.0. The summed E-state index contributed by atoms with van der Waals surface area (Å²) in [4.78, 5) is 2.15. The number of halogens is 1. The minimum atomic E-state index is 0.526. The summed E-state index contributed by atoms with van der Waals surface area (Å²) in [6.45, 7) is 4.39. The fourth-order valence-electron chi connectivity index (χ4n) is 1.52. The van der Waals surface area contributed by atoms with Crippen molar-refractivity contribution in [2.75, 3.05) is 18.8 Å². The van der Waals surface area contributed by atoms with Gasteiger partial charge in [-0.05, 0) is 18.7 Å². The van der Waals surface area contributed by atoms with E-state index in [2.05, 4.69) is 17.9 Å². The van der Waals surface area contributed by atoms with E-state index in [1.54, 1.807) is 0 Å². The molecule has 0 aliphatic carbocycles. The predicted octanol–water partition coefficient (Wildman–Crippen LogP) is 2.66. The van der Waals surface area contributed by atoms with Crippen molar-refractivity contribution in [2.24, 2.45) is 0 Å². The van der Waals surface area contributed by atoms with Crippen LogP contribution in [0.25, 0.3) is 0 Å². The Bertz CT molecular complexity index is 364. The minimum Gasteiger partial charge on any atom is -0.398 e. The number of nitrogens with zero attached hydrogens (tertiary/aromatic N) is 2. The Kier molecular flexibility index (Phi) is 5.10. The van der Waals surface area contributed by atoms with Crippen LogP contribution in [0.2, 0.25) is 5.02 Å². The number of hydrogen-bond donors (Lipinski definition) is 1. The van der Waals surface area contributed by atoms with Crippen LogP contribution in [0.5, 0.6) is 0 Å². The molecule has 2 N–H and O–H groups in total. The third-order valence-corrected chi connectivity index (χ3v) is 2.88. The summed E-state index contributed by atoms with van der Waals surface area (Å²) in [5, 5.41) is 9.25. The SMILES string of the molecule is CCN(CCC#N)Cc1c(N)cccc1Cl. The van der Waals surface area contributed by atoms with E-state index in [-0.39, 0.29) is 0 Å². The first-order valence-electron chi connectivity index (χ1n) is 5.31. The van der Waals surface area contributed by atoms with Gasteiger partial charge in [0.05, 0.1) is 6.07 Å². The molecule has 0 aliphatic rings. The van der Waals surface area contributed by atoms with Crippen LogP contribution in [-0.2, 0) is 6.54 Å². The van der Waals surface area contributed by atoms with Crippen molar-refractivity contribution in [3.8, 4) is 6.07 Å². The van der Waals surface area contributed by atoms with Crippen molar-refractivity contribution < 1.29 is 0 Å². The van der Waals surface area contributed by atoms with Gasteiger partial charge in [0, 0.05) is 35.8 Å². The maximum Gasteiger partial charge on any atom is 0.0635 e. The Labute approximate surface area is 101 Å². The van der Waals surface area contributed by atoms with E-state index < -0.39 is 0 Å². The van der Waals surface area contributed by atoms with Crippen molar-refractivity contribution in [3.05, 3.63) is 28.8 Å². The highest BCUT2D eigenvalue weighted by molar-refractivity contribution is 6.31. The van der Waals surface area contributed by atoms with Gasteiger partial charge in [-0.1, -0.05) is 24.6 Å². The van der Waals surface area contributed by atoms with E-state index in [4.69, 9.17) is 22.6 Å². The lowest BCUT2D eigenvalue weighted by molar-refractivity contribution is 0.287. The fraction of sp³-hybridized carbons (Fsp3) is 0.417. The van der Waals surface area contributed by atoms with E-state index >= 15 is 0 Å². The molecule has 0 saturated heterocycles. The van der Waals surface area contributed by atoms with E-state index in [1.165, 1.54) is 0 Å². The number of hydrogen-bond acceptors (Lipinski definition) is 3. The molecule has 0 aromatic heterocycles. The molecule has 4 heteroatoms. The summed E-state index contributed by atoms with van der Waals surface area (Å²) in [7, 11) is 0. The van der Waals surface area contributed by atoms with Gasteiger partial charge in [0.2, 0.25) is 0 Å². The number of anilines is 1. The van der Waals surface area contributed by atoms with Crippen molar-refractivity contribution in [3.63, 3.8) is 0 Å². The molecule has 0 unspecified atom stereocenters. The third-order valence-electron chi connectivity index (χ3n) is 2.52. The summed E-state index contributed by atoms with van der Waals surface area (Å²) in [5.41, 5.74) is 7.54. The maximum atomic E-state index is 8.56. The highest BCUT2D eigenvalue weighted by atomic mass is 35.5. The van der Waals surface area contributed by atoms with Gasteiger partial charge in [-0.2, -0.15) is 5.26 Å². The topological polar surface area (TPSA) is 53.0 Å². The molecule has 0 aliphatic heterocycles. The van der Waals surface area contributed by atoms with Crippen molar-refractivity contribution >= 4 is 17.3 Å². The van der Waals surface area contributed by atoms with Gasteiger partial charge in [0.15, 0.2) is 0 Å². The van der Waals surface area contributed by atoms with Gasteiger partial charge in [-0.15, -0.1) is 0 Å². The number of nitrogen functional groups attached to an aromatic ring is 1. The lowest BCUT2D eigenvalue weighted by Gasteiger charge is -2.20. The van der Waals surface area contributed by atoms with Crippen LogP contribution in [0.1, 0.15) is 18.9 Å². The highest BCUT2D eigenvalue weighted by Gasteiger charge is 2.09. The summed E-state index contributed by atoms with van der Waals surface area (Å²) in [6.07, 6.45) is 0.526. The quantitative estimate of drug-likeness (QED) is 0.801. The van der Waals surface area contributed by atoms with E-state index in [0.717, 1.165) is 18.7 Å². The third kappa shape index (κ3) is 3.41. The van der Waals surface area contributed by atoms with Crippen molar-refractivity contribution in [2.45, 2.75) is 19.9 Å². The Morgan fingerprint density at radius 1 is 1.50 bits per heavy atom. The minimum absolute atomic E-state index is 0.526. The first kappa shape index (κ1) is 12.8. The van der Waals surface area contributed by atoms with Crippen LogP contribution in [0, 0.1) is 11.3 Å². The standard InChI is InChI=1S/C12H16ClN3/c1-2-16(8-4-7-14)9-10-11(13)5-3-6-12(10)15/h3,5-6H,2,4,8-9,15H2,1H3. The summed E-state index contributed by atoms with van der Waals surface area (Å²) < 4.78 is 0. The molecule has 1 rings (SSSR count). The normalized spacial score (nSPS) is 10.4. The van der Waals surface area contributed by atoms with Crippen molar-refractivity contribution in [1.82, 2.24) is 4.90 Å². The maximum absolute atomic E-state index is 8.56. The molecule has 0 spiro atoms. The van der Waals surface area contributed by atoms with E-state index in [1.807, 2.05) is 18.2 Å². The van der Waals surface area contributed by atoms with Gasteiger partial charge in [0.25, 0.3) is 0 Å². The summed E-state index contributed by atoms with van der Waals surface area (Å²) >= 11 is 6.09. The molecule has 1 aromatic carbocycles. The Morgan fingerprint density at radius 2 is 2.25 bits per heavy atom. The monoisotopic (exact) mass is 237 g/mol. The number of benzene rings is 1. The second-order valence-corrected chi connectivity index (χ2v) is 3.99. The van der Waals surface area contributed by atoms with Crippen LogP contribution >= 0.6 is 11.6 Å². The van der Waals surface area contributed by atoms with Gasteiger partial charge < -0.3 is 5.73 Å². The first-order valence-corrected chi connectivity index (χ1v) is 5.69. The molecule has 16 heavy (non-hydrogen) atoms. The first-order chi connectivity index (χ1) is 7.69. The Morgan fingerprint density at radius 3 is 2.81 bits per heavy atom. The van der Waals surface area contributed by atoms with Gasteiger partial charge >= 0.3 is 0 Å². The van der Waals surface area contributed by atoms with Crippen molar-refractivity contribution in [1.29, 1.82) is 5.26 Å². The van der Waals surface area contributed by atoms with E-state index in [9.17, 15) is 0 Å². The largest absolute Gasteiger partial charge is 0.398 e. The highest BCUT2D eigenvalue weighted by Crippen LogP contribution is 2.23. The number of nitriles is 1. The lowest BCUT2D eigenvalue weighted by Crippen LogP contribution is -2.24. The average molecular weight is 238 g/mol. The molecule has 86 valence electrons. The second kappa shape index (κ2) is 6.37. The number of nitrogens with two attached hydrogens (primary N) is 1. The van der Waals surface area contributed by atoms with Crippen LogP contribution < -0.4 is 5.73 Å². The molecule has 0 amide bonds. The Balaban J connectivity index is 2.74. The summed E-state index contributed by atoms with van der Waals surface area (Å²) in [6, 6.07) is 7.67. The van der Waals surface area contributed by atoms with Gasteiger partial charge in [0.1, 0.15) is 0 Å². The molecule has 0 fully saturated rings. The molecule has 0 heterocycles. The zero-order valence-electron chi connectivity index (χ0n) is 9.41. The second-order valence-electron chi connectivity index (χ2n) is 3.58. The molecule has 0 saturated carbocycles. The number of rotatable bonds is 5. The fourth-order valence-corrected chi connectivity index (χ4v) is 1.76. The Hall–Kier alpha value is -1.24. The van der Waals surface area contributed by atoms with Gasteiger partial charge in [-0.25, -0.2) is 0 Å². The molecular weight excluding hydrogens is 222 g/mol. The molecule has 3 nitrogen and oxygen atoms in total. The zero-order valence-corrected chi connectivity index (χ0v) is 10.2. The molecule has 1 aromatic rings. The van der Waals surface area contributed by atoms with E-state index in [0.29, 0.717) is 23.7 Å². The molecule has 0 radical (unpaired) electrons. The van der Waals surface area contributed by atoms with Crippen LogP contribution in [-0.4, -0.2) is 18.0 Å². The molecular formula is C12H16ClN3. The molecule has 0 bridgehead atoms.